The van der Waals surface area contributed by atoms with Gasteiger partial charge in [0.05, 0.1) is 6.33 Å². The van der Waals surface area contributed by atoms with E-state index in [1.807, 2.05) is 10.8 Å². The predicted octanol–water partition coefficient (Wildman–Crippen LogP) is 2.03. The van der Waals surface area contributed by atoms with Crippen LogP contribution >= 0.6 is 0 Å². The Labute approximate surface area is 126 Å². The van der Waals surface area contributed by atoms with E-state index in [-0.39, 0.29) is 11.6 Å². The van der Waals surface area contributed by atoms with E-state index in [1.165, 1.54) is 6.07 Å². The summed E-state index contributed by atoms with van der Waals surface area (Å²) in [5.41, 5.74) is 0.0772. The van der Waals surface area contributed by atoms with Crippen molar-refractivity contribution in [3.63, 3.8) is 0 Å². The summed E-state index contributed by atoms with van der Waals surface area (Å²) < 4.78 is 27.5. The normalized spacial score (nSPS) is 16.4. The minimum Gasteiger partial charge on any atom is -0.337 e. The van der Waals surface area contributed by atoms with Crippen LogP contribution in [0.15, 0.2) is 31.0 Å². The van der Waals surface area contributed by atoms with Crippen molar-refractivity contribution in [3.8, 4) is 0 Å². The molecule has 0 aromatic carbocycles. The second-order valence-corrected chi connectivity index (χ2v) is 5.45. The number of rotatable bonds is 4. The number of halogens is 2. The molecule has 0 unspecified atom stereocenters. The summed E-state index contributed by atoms with van der Waals surface area (Å²) in [6, 6.07) is 1.34. The number of likely N-dealkylation sites (tertiary alicyclic amines) is 1. The first-order valence-electron chi connectivity index (χ1n) is 7.22. The number of hydrogen-bond donors (Lipinski definition) is 0. The molecule has 0 aliphatic carbocycles. The maximum atomic E-state index is 12.5. The Morgan fingerprint density at radius 3 is 2.68 bits per heavy atom. The van der Waals surface area contributed by atoms with Crippen LogP contribution in [-0.2, 0) is 6.54 Å². The number of piperidine rings is 1. The molecule has 22 heavy (non-hydrogen) atoms. The van der Waals surface area contributed by atoms with Crippen molar-refractivity contribution in [1.82, 2.24) is 24.2 Å². The lowest BCUT2D eigenvalue weighted by molar-refractivity contribution is 0.0544. The van der Waals surface area contributed by atoms with Gasteiger partial charge in [0.25, 0.3) is 5.91 Å². The standard InChI is InChI=1S/C14H17F2N5O/c15-14(16)21-7-3-12(18-21)13(22)20-5-1-11(2-6-20)9-19-8-4-17-10-19/h3-4,7-8,10-11,14H,1-2,5-6,9H2. The fourth-order valence-electron chi connectivity index (χ4n) is 2.73. The van der Waals surface area contributed by atoms with Gasteiger partial charge in [-0.15, -0.1) is 0 Å². The number of hydrogen-bond acceptors (Lipinski definition) is 3. The molecule has 0 radical (unpaired) electrons. The SMILES string of the molecule is O=C(c1ccn(C(F)F)n1)N1CCC(Cn2ccnc2)CC1. The first-order chi connectivity index (χ1) is 10.6. The van der Waals surface area contributed by atoms with Gasteiger partial charge >= 0.3 is 6.55 Å². The van der Waals surface area contributed by atoms with Crippen LogP contribution in [0.2, 0.25) is 0 Å². The van der Waals surface area contributed by atoms with Crippen molar-refractivity contribution >= 4 is 5.91 Å². The average Bonchev–Trinajstić information content (AvgIpc) is 3.18. The van der Waals surface area contributed by atoms with E-state index >= 15 is 0 Å². The number of aromatic nitrogens is 4. The summed E-state index contributed by atoms with van der Waals surface area (Å²) >= 11 is 0. The number of carbonyl (C=O) groups excluding carboxylic acids is 1. The monoisotopic (exact) mass is 309 g/mol. The summed E-state index contributed by atoms with van der Waals surface area (Å²) in [7, 11) is 0. The zero-order valence-electron chi connectivity index (χ0n) is 12.0. The van der Waals surface area contributed by atoms with Crippen molar-refractivity contribution in [2.45, 2.75) is 25.9 Å². The van der Waals surface area contributed by atoms with Gasteiger partial charge in [0.15, 0.2) is 5.69 Å². The van der Waals surface area contributed by atoms with Crippen LogP contribution in [0.25, 0.3) is 0 Å². The summed E-state index contributed by atoms with van der Waals surface area (Å²) in [6.45, 7) is -0.580. The van der Waals surface area contributed by atoms with Gasteiger partial charge in [0, 0.05) is 38.2 Å². The third kappa shape index (κ3) is 3.15. The fourth-order valence-corrected chi connectivity index (χ4v) is 2.73. The molecular weight excluding hydrogens is 292 g/mol. The minimum absolute atomic E-state index is 0.0772. The molecule has 118 valence electrons. The summed E-state index contributed by atoms with van der Waals surface area (Å²) in [5, 5.41) is 3.63. The van der Waals surface area contributed by atoms with Crippen LogP contribution in [0, 0.1) is 5.92 Å². The molecule has 6 nitrogen and oxygen atoms in total. The third-order valence-electron chi connectivity index (χ3n) is 3.96. The summed E-state index contributed by atoms with van der Waals surface area (Å²) in [4.78, 5) is 17.9. The van der Waals surface area contributed by atoms with E-state index in [1.54, 1.807) is 17.4 Å². The molecule has 3 heterocycles. The Morgan fingerprint density at radius 1 is 1.32 bits per heavy atom. The van der Waals surface area contributed by atoms with Crippen LogP contribution in [0.1, 0.15) is 29.9 Å². The van der Waals surface area contributed by atoms with Crippen LogP contribution in [0.5, 0.6) is 0 Å². The molecule has 0 N–H and O–H groups in total. The molecule has 1 fully saturated rings. The van der Waals surface area contributed by atoms with Gasteiger partial charge in [0.1, 0.15) is 0 Å². The molecule has 1 aliphatic rings. The highest BCUT2D eigenvalue weighted by Gasteiger charge is 2.25. The van der Waals surface area contributed by atoms with Crippen molar-refractivity contribution < 1.29 is 13.6 Å². The van der Waals surface area contributed by atoms with Crippen molar-refractivity contribution in [2.24, 2.45) is 5.92 Å². The Bertz CT molecular complexity index is 617. The van der Waals surface area contributed by atoms with Crippen molar-refractivity contribution in [3.05, 3.63) is 36.7 Å². The molecular formula is C14H17F2N5O. The molecule has 0 saturated carbocycles. The fraction of sp³-hybridized carbons (Fsp3) is 0.500. The topological polar surface area (TPSA) is 56.0 Å². The Balaban J connectivity index is 1.55. The zero-order valence-corrected chi connectivity index (χ0v) is 12.0. The maximum Gasteiger partial charge on any atom is 0.333 e. The largest absolute Gasteiger partial charge is 0.337 e. The van der Waals surface area contributed by atoms with Gasteiger partial charge in [-0.3, -0.25) is 4.79 Å². The predicted molar refractivity (Wildman–Crippen MR) is 74.3 cm³/mol. The van der Waals surface area contributed by atoms with Gasteiger partial charge < -0.3 is 9.47 Å². The first kappa shape index (κ1) is 14.7. The van der Waals surface area contributed by atoms with Crippen molar-refractivity contribution in [1.29, 1.82) is 0 Å². The van der Waals surface area contributed by atoms with Crippen LogP contribution in [0.3, 0.4) is 0 Å². The molecule has 2 aromatic heterocycles. The van der Waals surface area contributed by atoms with Gasteiger partial charge in [-0.25, -0.2) is 9.67 Å². The van der Waals surface area contributed by atoms with E-state index in [0.29, 0.717) is 23.7 Å². The average molecular weight is 309 g/mol. The number of imidazole rings is 1. The second-order valence-electron chi connectivity index (χ2n) is 5.45. The highest BCUT2D eigenvalue weighted by molar-refractivity contribution is 5.92. The Morgan fingerprint density at radius 2 is 2.09 bits per heavy atom. The molecule has 0 atom stereocenters. The van der Waals surface area contributed by atoms with Crippen molar-refractivity contribution in [2.75, 3.05) is 13.1 Å². The Kier molecular flexibility index (Phi) is 4.17. The zero-order chi connectivity index (χ0) is 15.5. The number of carbonyl (C=O) groups is 1. The van der Waals surface area contributed by atoms with E-state index in [4.69, 9.17) is 0 Å². The lowest BCUT2D eigenvalue weighted by atomic mass is 9.96. The smallest absolute Gasteiger partial charge is 0.333 e. The highest BCUT2D eigenvalue weighted by atomic mass is 19.3. The lowest BCUT2D eigenvalue weighted by Crippen LogP contribution is -2.39. The van der Waals surface area contributed by atoms with Gasteiger partial charge in [-0.05, 0) is 24.8 Å². The van der Waals surface area contributed by atoms with Crippen LogP contribution in [0.4, 0.5) is 8.78 Å². The molecule has 0 bridgehead atoms. The molecule has 1 aliphatic heterocycles. The van der Waals surface area contributed by atoms with Gasteiger partial charge in [-0.1, -0.05) is 0 Å². The summed E-state index contributed by atoms with van der Waals surface area (Å²) in [5.74, 6) is 0.220. The molecule has 1 amide bonds. The number of nitrogens with zero attached hydrogens (tertiary/aromatic N) is 5. The molecule has 8 heteroatoms. The van der Waals surface area contributed by atoms with E-state index in [0.717, 1.165) is 25.6 Å². The quantitative estimate of drug-likeness (QED) is 0.868. The second kappa shape index (κ2) is 6.25. The highest BCUT2D eigenvalue weighted by Crippen LogP contribution is 2.20. The van der Waals surface area contributed by atoms with E-state index < -0.39 is 6.55 Å². The third-order valence-corrected chi connectivity index (χ3v) is 3.96. The van der Waals surface area contributed by atoms with Gasteiger partial charge in [0.2, 0.25) is 0 Å². The number of alkyl halides is 2. The first-order valence-corrected chi connectivity index (χ1v) is 7.22. The molecule has 0 spiro atoms. The molecule has 1 saturated heterocycles. The van der Waals surface area contributed by atoms with Crippen LogP contribution < -0.4 is 0 Å². The lowest BCUT2D eigenvalue weighted by Gasteiger charge is -2.31. The Hall–Kier alpha value is -2.25. The summed E-state index contributed by atoms with van der Waals surface area (Å²) in [6.07, 6.45) is 8.36. The van der Waals surface area contributed by atoms with Gasteiger partial charge in [-0.2, -0.15) is 13.9 Å². The maximum absolute atomic E-state index is 12.5. The van der Waals surface area contributed by atoms with E-state index in [9.17, 15) is 13.6 Å². The number of amides is 1. The molecule has 3 rings (SSSR count). The molecule has 2 aromatic rings. The van der Waals surface area contributed by atoms with E-state index in [2.05, 4.69) is 10.1 Å². The minimum atomic E-state index is -2.72. The van der Waals surface area contributed by atoms with Crippen LogP contribution in [-0.4, -0.2) is 43.2 Å².